The number of benzene rings is 1. The molecule has 7 nitrogen and oxygen atoms in total. The highest BCUT2D eigenvalue weighted by molar-refractivity contribution is 7.13. The molecule has 0 aliphatic carbocycles. The van der Waals surface area contributed by atoms with Gasteiger partial charge >= 0.3 is 0 Å². The summed E-state index contributed by atoms with van der Waals surface area (Å²) in [6.45, 7) is 9.67. The lowest BCUT2D eigenvalue weighted by atomic mass is 10.2. The van der Waals surface area contributed by atoms with Crippen molar-refractivity contribution in [2.45, 2.75) is 39.2 Å². The highest BCUT2D eigenvalue weighted by atomic mass is 32.1. The summed E-state index contributed by atoms with van der Waals surface area (Å²) >= 11 is 1.66. The van der Waals surface area contributed by atoms with Gasteiger partial charge in [0, 0.05) is 56.8 Å². The number of piperazine rings is 1. The highest BCUT2D eigenvalue weighted by Gasteiger charge is 2.23. The summed E-state index contributed by atoms with van der Waals surface area (Å²) in [6.07, 6.45) is 4.82. The van der Waals surface area contributed by atoms with Gasteiger partial charge in [-0.25, -0.2) is 4.98 Å². The van der Waals surface area contributed by atoms with Crippen molar-refractivity contribution in [2.75, 3.05) is 59.5 Å². The predicted octanol–water partition coefficient (Wildman–Crippen LogP) is 3.74. The van der Waals surface area contributed by atoms with E-state index in [1.54, 1.807) is 18.4 Å². The third kappa shape index (κ3) is 6.46. The first-order valence-electron chi connectivity index (χ1n) is 12.1. The van der Waals surface area contributed by atoms with Crippen LogP contribution in [0, 0.1) is 0 Å². The van der Waals surface area contributed by atoms with Crippen LogP contribution in [0.2, 0.25) is 0 Å². The average Bonchev–Trinajstić information content (AvgIpc) is 3.12. The van der Waals surface area contributed by atoms with Crippen LogP contribution in [0.1, 0.15) is 38.3 Å². The first kappa shape index (κ1) is 24.0. The molecular formula is C25H36N4O3S. The van der Waals surface area contributed by atoms with E-state index in [1.807, 2.05) is 25.1 Å². The quantitative estimate of drug-likeness (QED) is 0.583. The normalized spacial score (nSPS) is 18.2. The number of aromatic nitrogens is 1. The van der Waals surface area contributed by atoms with Crippen molar-refractivity contribution in [3.8, 4) is 22.1 Å². The molecule has 0 saturated carbocycles. The van der Waals surface area contributed by atoms with E-state index >= 15 is 0 Å². The Morgan fingerprint density at radius 1 is 1.00 bits per heavy atom. The molecular weight excluding hydrogens is 436 g/mol. The largest absolute Gasteiger partial charge is 0.493 e. The van der Waals surface area contributed by atoms with Crippen LogP contribution in [0.15, 0.2) is 23.6 Å². The smallest absolute Gasteiger partial charge is 0.236 e. The molecule has 8 heteroatoms. The summed E-state index contributed by atoms with van der Waals surface area (Å²) in [5.41, 5.74) is 2.14. The second kappa shape index (κ2) is 11.8. The SMILES string of the molecule is CCOc1ccc(-c2nc(CN3CCN(CC(=O)N4CCCCCC4)CC3)cs2)cc1OC. The van der Waals surface area contributed by atoms with Crippen LogP contribution < -0.4 is 9.47 Å². The Hall–Kier alpha value is -2.16. The molecule has 2 aliphatic rings. The van der Waals surface area contributed by atoms with Crippen molar-refractivity contribution in [3.05, 3.63) is 29.3 Å². The lowest BCUT2D eigenvalue weighted by molar-refractivity contribution is -0.132. The van der Waals surface area contributed by atoms with Gasteiger partial charge in [0.25, 0.3) is 0 Å². The van der Waals surface area contributed by atoms with Gasteiger partial charge in [0.15, 0.2) is 11.5 Å². The van der Waals surface area contributed by atoms with Crippen LogP contribution in [0.5, 0.6) is 11.5 Å². The fourth-order valence-corrected chi connectivity index (χ4v) is 5.34. The molecule has 0 atom stereocenters. The summed E-state index contributed by atoms with van der Waals surface area (Å²) in [6, 6.07) is 5.98. The minimum absolute atomic E-state index is 0.306. The Morgan fingerprint density at radius 2 is 1.73 bits per heavy atom. The van der Waals surface area contributed by atoms with Crippen molar-refractivity contribution in [2.24, 2.45) is 0 Å². The van der Waals surface area contributed by atoms with Gasteiger partial charge in [0.2, 0.25) is 5.91 Å². The summed E-state index contributed by atoms with van der Waals surface area (Å²) in [4.78, 5) is 24.4. The molecule has 1 amide bonds. The monoisotopic (exact) mass is 472 g/mol. The Balaban J connectivity index is 1.27. The fourth-order valence-electron chi connectivity index (χ4n) is 4.53. The van der Waals surface area contributed by atoms with Gasteiger partial charge in [0.05, 0.1) is 26.0 Å². The number of amides is 1. The topological polar surface area (TPSA) is 58.1 Å². The molecule has 2 aliphatic heterocycles. The first-order chi connectivity index (χ1) is 16.2. The molecule has 0 spiro atoms. The zero-order chi connectivity index (χ0) is 23.0. The van der Waals surface area contributed by atoms with Crippen molar-refractivity contribution in [3.63, 3.8) is 0 Å². The second-order valence-corrected chi connectivity index (χ2v) is 9.65. The fraction of sp³-hybridized carbons (Fsp3) is 0.600. The molecule has 33 heavy (non-hydrogen) atoms. The number of nitrogens with zero attached hydrogens (tertiary/aromatic N) is 4. The van der Waals surface area contributed by atoms with Gasteiger partial charge in [-0.2, -0.15) is 0 Å². The molecule has 4 rings (SSSR count). The number of thiazole rings is 1. The maximum absolute atomic E-state index is 12.7. The molecule has 1 aromatic heterocycles. The van der Waals surface area contributed by atoms with Crippen LogP contribution in [0.3, 0.4) is 0 Å². The molecule has 0 unspecified atom stereocenters. The van der Waals surface area contributed by atoms with Crippen molar-refractivity contribution in [1.29, 1.82) is 0 Å². The molecule has 0 bridgehead atoms. The first-order valence-corrected chi connectivity index (χ1v) is 13.0. The summed E-state index contributed by atoms with van der Waals surface area (Å²) < 4.78 is 11.1. The zero-order valence-electron chi connectivity index (χ0n) is 19.9. The Morgan fingerprint density at radius 3 is 2.42 bits per heavy atom. The number of ether oxygens (including phenoxy) is 2. The lowest BCUT2D eigenvalue weighted by Gasteiger charge is -2.35. The summed E-state index contributed by atoms with van der Waals surface area (Å²) in [5, 5.41) is 3.14. The molecule has 2 saturated heterocycles. The number of rotatable bonds is 8. The van der Waals surface area contributed by atoms with E-state index in [-0.39, 0.29) is 0 Å². The zero-order valence-corrected chi connectivity index (χ0v) is 20.7. The van der Waals surface area contributed by atoms with Crippen molar-refractivity contribution >= 4 is 17.2 Å². The molecule has 1 aromatic carbocycles. The summed E-state index contributed by atoms with van der Waals surface area (Å²) in [5.74, 6) is 1.80. The maximum Gasteiger partial charge on any atom is 0.236 e. The third-order valence-electron chi connectivity index (χ3n) is 6.43. The average molecular weight is 473 g/mol. The Kier molecular flexibility index (Phi) is 8.58. The third-order valence-corrected chi connectivity index (χ3v) is 7.37. The molecule has 2 aromatic rings. The summed E-state index contributed by atoms with van der Waals surface area (Å²) in [7, 11) is 1.66. The van der Waals surface area contributed by atoms with Gasteiger partial charge in [-0.05, 0) is 38.0 Å². The van der Waals surface area contributed by atoms with Crippen LogP contribution in [0.4, 0.5) is 0 Å². The number of hydrogen-bond donors (Lipinski definition) is 0. The second-order valence-electron chi connectivity index (χ2n) is 8.79. The van der Waals surface area contributed by atoms with Crippen molar-refractivity contribution < 1.29 is 14.3 Å². The van der Waals surface area contributed by atoms with Crippen molar-refractivity contribution in [1.82, 2.24) is 19.7 Å². The minimum atomic E-state index is 0.306. The van der Waals surface area contributed by atoms with E-state index in [2.05, 4.69) is 20.1 Å². The van der Waals surface area contributed by atoms with E-state index < -0.39 is 0 Å². The van der Waals surface area contributed by atoms with Crippen LogP contribution in [0.25, 0.3) is 10.6 Å². The van der Waals surface area contributed by atoms with Gasteiger partial charge in [0.1, 0.15) is 5.01 Å². The maximum atomic E-state index is 12.7. The van der Waals surface area contributed by atoms with E-state index in [4.69, 9.17) is 14.5 Å². The van der Waals surface area contributed by atoms with E-state index in [0.29, 0.717) is 19.1 Å². The molecule has 2 fully saturated rings. The number of methoxy groups -OCH3 is 1. The highest BCUT2D eigenvalue weighted by Crippen LogP contribution is 2.34. The van der Waals surface area contributed by atoms with Crippen LogP contribution in [-0.4, -0.2) is 85.1 Å². The van der Waals surface area contributed by atoms with Gasteiger partial charge in [-0.15, -0.1) is 11.3 Å². The number of hydrogen-bond acceptors (Lipinski definition) is 7. The molecule has 0 radical (unpaired) electrons. The number of carbonyl (C=O) groups excluding carboxylic acids is 1. The van der Waals surface area contributed by atoms with Gasteiger partial charge < -0.3 is 14.4 Å². The van der Waals surface area contributed by atoms with Crippen LogP contribution in [-0.2, 0) is 11.3 Å². The van der Waals surface area contributed by atoms with Gasteiger partial charge in [-0.3, -0.25) is 14.6 Å². The Bertz CT molecular complexity index is 903. The lowest BCUT2D eigenvalue weighted by Crippen LogP contribution is -2.49. The molecule has 3 heterocycles. The van der Waals surface area contributed by atoms with Gasteiger partial charge in [-0.1, -0.05) is 12.8 Å². The molecule has 180 valence electrons. The number of likely N-dealkylation sites (tertiary alicyclic amines) is 1. The minimum Gasteiger partial charge on any atom is -0.493 e. The van der Waals surface area contributed by atoms with E-state index in [9.17, 15) is 4.79 Å². The predicted molar refractivity (Wildman–Crippen MR) is 132 cm³/mol. The van der Waals surface area contributed by atoms with E-state index in [1.165, 1.54) is 12.8 Å². The number of carbonyl (C=O) groups is 1. The van der Waals surface area contributed by atoms with E-state index in [0.717, 1.165) is 86.4 Å². The van der Waals surface area contributed by atoms with Crippen LogP contribution >= 0.6 is 11.3 Å². The Labute approximate surface area is 201 Å². The molecule has 0 N–H and O–H groups in total. The standard InChI is InChI=1S/C25H36N4O3S/c1-3-32-22-9-8-20(16-23(22)31-2)25-26-21(19-33-25)17-27-12-14-28(15-13-27)18-24(30)29-10-6-4-5-7-11-29/h8-9,16,19H,3-7,10-15,17-18H2,1-2H3.